The Labute approximate surface area is 137 Å². The fraction of sp³-hybridized carbons (Fsp3) is 0.588. The van der Waals surface area contributed by atoms with Gasteiger partial charge < -0.3 is 15.1 Å². The fourth-order valence-electron chi connectivity index (χ4n) is 3.37. The van der Waals surface area contributed by atoms with Gasteiger partial charge in [-0.25, -0.2) is 4.39 Å². The van der Waals surface area contributed by atoms with Crippen LogP contribution in [0.15, 0.2) is 24.3 Å². The summed E-state index contributed by atoms with van der Waals surface area (Å²) in [6.07, 6.45) is 6.43. The van der Waals surface area contributed by atoms with Crippen molar-refractivity contribution < 1.29 is 4.39 Å². The van der Waals surface area contributed by atoms with Gasteiger partial charge in [-0.15, -0.1) is 0 Å². The van der Waals surface area contributed by atoms with Crippen molar-refractivity contribution in [2.45, 2.75) is 38.1 Å². The first-order chi connectivity index (χ1) is 10.7. The molecule has 0 spiro atoms. The van der Waals surface area contributed by atoms with Crippen molar-refractivity contribution in [2.75, 3.05) is 31.1 Å². The molecule has 22 heavy (non-hydrogen) atoms. The summed E-state index contributed by atoms with van der Waals surface area (Å²) in [6.45, 7) is 3.33. The maximum Gasteiger partial charge on any atom is 0.169 e. The van der Waals surface area contributed by atoms with E-state index in [2.05, 4.69) is 15.1 Å². The summed E-state index contributed by atoms with van der Waals surface area (Å²) in [7, 11) is 0. The first-order valence-corrected chi connectivity index (χ1v) is 8.70. The second kappa shape index (κ2) is 7.27. The standard InChI is InChI=1S/C17H24FN3S/c18-15-8-4-5-9-16(15)20-10-12-21(13-11-20)17(22)19-14-6-2-1-3-7-14/h4-5,8-9,14H,1-3,6-7,10-13H2,(H,19,22). The maximum absolute atomic E-state index is 13.8. The second-order valence-corrected chi connectivity index (χ2v) is 6.60. The van der Waals surface area contributed by atoms with Crippen LogP contribution < -0.4 is 10.2 Å². The number of nitrogens with zero attached hydrogens (tertiary/aromatic N) is 2. The highest BCUT2D eigenvalue weighted by atomic mass is 32.1. The SMILES string of the molecule is Fc1ccccc1N1CCN(C(=S)NC2CCCCC2)CC1. The molecule has 0 unspecified atom stereocenters. The number of para-hydroxylation sites is 1. The Morgan fingerprint density at radius 3 is 2.41 bits per heavy atom. The first kappa shape index (κ1) is 15.5. The minimum atomic E-state index is -0.140. The predicted octanol–water partition coefficient (Wildman–Crippen LogP) is 3.15. The molecule has 120 valence electrons. The number of halogens is 1. The number of hydrogen-bond donors (Lipinski definition) is 1. The molecule has 1 aliphatic carbocycles. The first-order valence-electron chi connectivity index (χ1n) is 8.29. The molecule has 0 atom stereocenters. The summed E-state index contributed by atoms with van der Waals surface area (Å²) in [5, 5.41) is 4.39. The Morgan fingerprint density at radius 2 is 1.73 bits per heavy atom. The van der Waals surface area contributed by atoms with Gasteiger partial charge in [-0.05, 0) is 37.2 Å². The van der Waals surface area contributed by atoms with E-state index in [4.69, 9.17) is 12.2 Å². The minimum absolute atomic E-state index is 0.140. The molecule has 1 aromatic rings. The molecule has 1 heterocycles. The van der Waals surface area contributed by atoms with Crippen LogP contribution in [0.4, 0.5) is 10.1 Å². The van der Waals surface area contributed by atoms with E-state index in [9.17, 15) is 4.39 Å². The highest BCUT2D eigenvalue weighted by Crippen LogP contribution is 2.21. The summed E-state index contributed by atoms with van der Waals surface area (Å²) in [5.41, 5.74) is 0.702. The van der Waals surface area contributed by atoms with Crippen LogP contribution in [-0.2, 0) is 0 Å². The molecule has 3 nitrogen and oxygen atoms in total. The molecule has 1 saturated carbocycles. The van der Waals surface area contributed by atoms with Crippen LogP contribution in [0, 0.1) is 5.82 Å². The quantitative estimate of drug-likeness (QED) is 0.843. The van der Waals surface area contributed by atoms with Gasteiger partial charge in [-0.3, -0.25) is 0 Å². The van der Waals surface area contributed by atoms with Crippen molar-refractivity contribution in [1.29, 1.82) is 0 Å². The van der Waals surface area contributed by atoms with E-state index in [1.165, 1.54) is 38.2 Å². The van der Waals surface area contributed by atoms with E-state index in [-0.39, 0.29) is 5.82 Å². The van der Waals surface area contributed by atoms with Gasteiger partial charge in [-0.2, -0.15) is 0 Å². The van der Waals surface area contributed by atoms with Gasteiger partial charge >= 0.3 is 0 Å². The Morgan fingerprint density at radius 1 is 1.05 bits per heavy atom. The third-order valence-corrected chi connectivity index (χ3v) is 5.07. The molecule has 0 bridgehead atoms. The zero-order valence-corrected chi connectivity index (χ0v) is 13.7. The number of nitrogens with one attached hydrogen (secondary N) is 1. The Bertz CT molecular complexity index is 508. The summed E-state index contributed by atoms with van der Waals surface area (Å²) in [5.74, 6) is -0.140. The van der Waals surface area contributed by atoms with Crippen LogP contribution in [0.1, 0.15) is 32.1 Å². The lowest BCUT2D eigenvalue weighted by Crippen LogP contribution is -2.53. The van der Waals surface area contributed by atoms with Crippen LogP contribution in [-0.4, -0.2) is 42.2 Å². The number of rotatable bonds is 2. The smallest absolute Gasteiger partial charge is 0.169 e. The molecular formula is C17H24FN3S. The third kappa shape index (κ3) is 3.69. The van der Waals surface area contributed by atoms with E-state index < -0.39 is 0 Å². The summed E-state index contributed by atoms with van der Waals surface area (Å²) >= 11 is 5.56. The van der Waals surface area contributed by atoms with Crippen molar-refractivity contribution in [3.05, 3.63) is 30.1 Å². The average Bonchev–Trinajstić information content (AvgIpc) is 2.56. The topological polar surface area (TPSA) is 18.5 Å². The summed E-state index contributed by atoms with van der Waals surface area (Å²) < 4.78 is 13.8. The molecule has 1 N–H and O–H groups in total. The second-order valence-electron chi connectivity index (χ2n) is 6.21. The van der Waals surface area contributed by atoms with Crippen LogP contribution in [0.3, 0.4) is 0 Å². The largest absolute Gasteiger partial charge is 0.366 e. The van der Waals surface area contributed by atoms with Gasteiger partial charge in [0.15, 0.2) is 5.11 Å². The summed E-state index contributed by atoms with van der Waals surface area (Å²) in [4.78, 5) is 4.33. The van der Waals surface area contributed by atoms with Crippen LogP contribution in [0.2, 0.25) is 0 Å². The molecule has 3 rings (SSSR count). The van der Waals surface area contributed by atoms with Gasteiger partial charge in [0.05, 0.1) is 5.69 Å². The molecule has 0 aromatic heterocycles. The lowest BCUT2D eigenvalue weighted by Gasteiger charge is -2.38. The number of piperazine rings is 1. The summed E-state index contributed by atoms with van der Waals surface area (Å²) in [6, 6.07) is 7.55. The Kier molecular flexibility index (Phi) is 5.13. The maximum atomic E-state index is 13.8. The van der Waals surface area contributed by atoms with Crippen molar-refractivity contribution in [3.8, 4) is 0 Å². The van der Waals surface area contributed by atoms with E-state index >= 15 is 0 Å². The van der Waals surface area contributed by atoms with E-state index in [0.717, 1.165) is 31.3 Å². The molecule has 0 radical (unpaired) electrons. The molecule has 0 amide bonds. The lowest BCUT2D eigenvalue weighted by atomic mass is 9.96. The van der Waals surface area contributed by atoms with Crippen LogP contribution >= 0.6 is 12.2 Å². The number of anilines is 1. The zero-order valence-electron chi connectivity index (χ0n) is 12.9. The molecule has 2 aliphatic rings. The minimum Gasteiger partial charge on any atom is -0.366 e. The van der Waals surface area contributed by atoms with Gasteiger partial charge in [0.25, 0.3) is 0 Å². The molecule has 2 fully saturated rings. The molecular weight excluding hydrogens is 297 g/mol. The van der Waals surface area contributed by atoms with Crippen molar-refractivity contribution >= 4 is 23.0 Å². The average molecular weight is 321 g/mol. The lowest BCUT2D eigenvalue weighted by molar-refractivity contribution is 0.354. The third-order valence-electron chi connectivity index (χ3n) is 4.69. The van der Waals surface area contributed by atoms with Gasteiger partial charge in [-0.1, -0.05) is 31.4 Å². The normalized spacial score (nSPS) is 20.0. The molecule has 1 aromatic carbocycles. The fourth-order valence-corrected chi connectivity index (χ4v) is 3.72. The predicted molar refractivity (Wildman–Crippen MR) is 92.8 cm³/mol. The van der Waals surface area contributed by atoms with Gasteiger partial charge in [0.2, 0.25) is 0 Å². The van der Waals surface area contributed by atoms with E-state index in [0.29, 0.717) is 11.7 Å². The van der Waals surface area contributed by atoms with E-state index in [1.807, 2.05) is 12.1 Å². The highest BCUT2D eigenvalue weighted by Gasteiger charge is 2.22. The highest BCUT2D eigenvalue weighted by molar-refractivity contribution is 7.80. The number of hydrogen-bond acceptors (Lipinski definition) is 2. The van der Waals surface area contributed by atoms with Gasteiger partial charge in [0, 0.05) is 32.2 Å². The van der Waals surface area contributed by atoms with Crippen molar-refractivity contribution in [1.82, 2.24) is 10.2 Å². The van der Waals surface area contributed by atoms with Crippen LogP contribution in [0.25, 0.3) is 0 Å². The van der Waals surface area contributed by atoms with Crippen LogP contribution in [0.5, 0.6) is 0 Å². The Hall–Kier alpha value is -1.36. The number of benzene rings is 1. The number of thiocarbonyl (C=S) groups is 1. The molecule has 5 heteroatoms. The molecule has 1 aliphatic heterocycles. The van der Waals surface area contributed by atoms with Crippen molar-refractivity contribution in [3.63, 3.8) is 0 Å². The van der Waals surface area contributed by atoms with Crippen molar-refractivity contribution in [2.24, 2.45) is 0 Å². The monoisotopic (exact) mass is 321 g/mol. The van der Waals surface area contributed by atoms with E-state index in [1.54, 1.807) is 6.07 Å². The Balaban J connectivity index is 1.51. The molecule has 1 saturated heterocycles. The van der Waals surface area contributed by atoms with Gasteiger partial charge in [0.1, 0.15) is 5.82 Å². The zero-order chi connectivity index (χ0) is 15.4.